The van der Waals surface area contributed by atoms with E-state index in [0.29, 0.717) is 12.0 Å². The second kappa shape index (κ2) is 6.37. The quantitative estimate of drug-likeness (QED) is 0.839. The van der Waals surface area contributed by atoms with Crippen molar-refractivity contribution in [2.45, 2.75) is 64.3 Å². The zero-order valence-electron chi connectivity index (χ0n) is 11.8. The highest BCUT2D eigenvalue weighted by atomic mass is 15.1. The molecule has 1 saturated carbocycles. The SMILES string of the molecule is CCC(CC)c1cncn1C(CN)C1CCCC1. The molecule has 1 atom stereocenters. The molecule has 3 nitrogen and oxygen atoms in total. The Bertz CT molecular complexity index is 348. The number of nitrogens with zero attached hydrogens (tertiary/aromatic N) is 2. The largest absolute Gasteiger partial charge is 0.330 e. The van der Waals surface area contributed by atoms with Crippen LogP contribution in [-0.2, 0) is 0 Å². The summed E-state index contributed by atoms with van der Waals surface area (Å²) < 4.78 is 2.38. The molecule has 1 fully saturated rings. The summed E-state index contributed by atoms with van der Waals surface area (Å²) in [5.74, 6) is 1.39. The highest BCUT2D eigenvalue weighted by Gasteiger charge is 2.27. The first-order chi connectivity index (χ1) is 8.81. The maximum absolute atomic E-state index is 6.05. The molecule has 0 amide bonds. The smallest absolute Gasteiger partial charge is 0.0951 e. The van der Waals surface area contributed by atoms with Gasteiger partial charge in [0.1, 0.15) is 0 Å². The molecule has 102 valence electrons. The molecular formula is C15H27N3. The summed E-state index contributed by atoms with van der Waals surface area (Å²) in [6.07, 6.45) is 11.8. The highest BCUT2D eigenvalue weighted by molar-refractivity contribution is 5.08. The Morgan fingerprint density at radius 3 is 2.56 bits per heavy atom. The molecule has 0 bridgehead atoms. The van der Waals surface area contributed by atoms with Crippen molar-refractivity contribution in [3.05, 3.63) is 18.2 Å². The molecule has 2 rings (SSSR count). The van der Waals surface area contributed by atoms with Crippen LogP contribution in [0, 0.1) is 5.92 Å². The van der Waals surface area contributed by atoms with E-state index in [2.05, 4.69) is 29.6 Å². The molecule has 18 heavy (non-hydrogen) atoms. The molecule has 1 aliphatic rings. The molecule has 1 aliphatic carbocycles. The van der Waals surface area contributed by atoms with Crippen molar-refractivity contribution in [2.75, 3.05) is 6.54 Å². The van der Waals surface area contributed by atoms with E-state index in [0.717, 1.165) is 12.5 Å². The van der Waals surface area contributed by atoms with Gasteiger partial charge in [0.25, 0.3) is 0 Å². The van der Waals surface area contributed by atoms with E-state index in [4.69, 9.17) is 5.73 Å². The second-order valence-electron chi connectivity index (χ2n) is 5.59. The van der Waals surface area contributed by atoms with Gasteiger partial charge < -0.3 is 10.3 Å². The Labute approximate surface area is 111 Å². The Hall–Kier alpha value is -0.830. The molecule has 1 aromatic heterocycles. The summed E-state index contributed by atoms with van der Waals surface area (Å²) >= 11 is 0. The summed E-state index contributed by atoms with van der Waals surface area (Å²) in [5, 5.41) is 0. The van der Waals surface area contributed by atoms with Gasteiger partial charge >= 0.3 is 0 Å². The fourth-order valence-electron chi connectivity index (χ4n) is 3.49. The molecule has 0 aromatic carbocycles. The maximum Gasteiger partial charge on any atom is 0.0951 e. The maximum atomic E-state index is 6.05. The van der Waals surface area contributed by atoms with Crippen LogP contribution in [0.25, 0.3) is 0 Å². The molecule has 0 radical (unpaired) electrons. The number of aromatic nitrogens is 2. The molecule has 2 N–H and O–H groups in total. The summed E-state index contributed by atoms with van der Waals surface area (Å²) in [4.78, 5) is 4.39. The van der Waals surface area contributed by atoms with Crippen LogP contribution in [0.3, 0.4) is 0 Å². The van der Waals surface area contributed by atoms with Crippen molar-refractivity contribution in [3.8, 4) is 0 Å². The predicted octanol–water partition coefficient (Wildman–Crippen LogP) is 3.48. The van der Waals surface area contributed by atoms with E-state index in [9.17, 15) is 0 Å². The number of hydrogen-bond acceptors (Lipinski definition) is 2. The van der Waals surface area contributed by atoms with Crippen LogP contribution in [0.5, 0.6) is 0 Å². The third kappa shape index (κ3) is 2.61. The van der Waals surface area contributed by atoms with Crippen molar-refractivity contribution in [1.82, 2.24) is 9.55 Å². The Morgan fingerprint density at radius 1 is 1.33 bits per heavy atom. The van der Waals surface area contributed by atoms with Gasteiger partial charge in [0.2, 0.25) is 0 Å². The van der Waals surface area contributed by atoms with Crippen LogP contribution < -0.4 is 5.73 Å². The predicted molar refractivity (Wildman–Crippen MR) is 75.6 cm³/mol. The average molecular weight is 249 g/mol. The molecule has 0 spiro atoms. The first-order valence-corrected chi connectivity index (χ1v) is 7.53. The lowest BCUT2D eigenvalue weighted by Gasteiger charge is -2.27. The summed E-state index contributed by atoms with van der Waals surface area (Å²) in [6, 6.07) is 0.464. The molecule has 0 aliphatic heterocycles. The minimum Gasteiger partial charge on any atom is -0.330 e. The molecule has 3 heteroatoms. The van der Waals surface area contributed by atoms with Gasteiger partial charge in [-0.1, -0.05) is 26.7 Å². The molecule has 1 aromatic rings. The molecule has 0 saturated heterocycles. The number of imidazole rings is 1. The minimum absolute atomic E-state index is 0.464. The zero-order chi connectivity index (χ0) is 13.0. The Balaban J connectivity index is 2.22. The normalized spacial score (nSPS) is 18.7. The van der Waals surface area contributed by atoms with Crippen LogP contribution in [0.2, 0.25) is 0 Å². The van der Waals surface area contributed by atoms with Gasteiger partial charge in [-0.25, -0.2) is 4.98 Å². The van der Waals surface area contributed by atoms with Gasteiger partial charge in [-0.05, 0) is 31.6 Å². The van der Waals surface area contributed by atoms with Crippen molar-refractivity contribution < 1.29 is 0 Å². The van der Waals surface area contributed by atoms with E-state index in [1.165, 1.54) is 44.2 Å². The zero-order valence-corrected chi connectivity index (χ0v) is 11.8. The first-order valence-electron chi connectivity index (χ1n) is 7.53. The van der Waals surface area contributed by atoms with Crippen LogP contribution in [0.1, 0.15) is 70.0 Å². The van der Waals surface area contributed by atoms with Crippen LogP contribution >= 0.6 is 0 Å². The molecular weight excluding hydrogens is 222 g/mol. The van der Waals surface area contributed by atoms with E-state index in [1.54, 1.807) is 0 Å². The van der Waals surface area contributed by atoms with Crippen molar-refractivity contribution in [1.29, 1.82) is 0 Å². The number of nitrogens with two attached hydrogens (primary N) is 1. The second-order valence-corrected chi connectivity index (χ2v) is 5.59. The summed E-state index contributed by atoms with van der Waals surface area (Å²) in [7, 11) is 0. The first kappa shape index (κ1) is 13.6. The summed E-state index contributed by atoms with van der Waals surface area (Å²) in [6.45, 7) is 5.27. The molecule has 1 unspecified atom stereocenters. The Morgan fingerprint density at radius 2 is 2.00 bits per heavy atom. The fraction of sp³-hybridized carbons (Fsp3) is 0.800. The number of hydrogen-bond donors (Lipinski definition) is 1. The van der Waals surface area contributed by atoms with Crippen molar-refractivity contribution in [3.63, 3.8) is 0 Å². The Kier molecular flexibility index (Phi) is 4.81. The van der Waals surface area contributed by atoms with Gasteiger partial charge in [-0.3, -0.25) is 0 Å². The summed E-state index contributed by atoms with van der Waals surface area (Å²) in [5.41, 5.74) is 7.44. The van der Waals surface area contributed by atoms with Gasteiger partial charge in [0.05, 0.1) is 6.33 Å². The van der Waals surface area contributed by atoms with Gasteiger partial charge in [0.15, 0.2) is 0 Å². The molecule has 1 heterocycles. The third-order valence-electron chi connectivity index (χ3n) is 4.64. The van der Waals surface area contributed by atoms with Gasteiger partial charge in [-0.2, -0.15) is 0 Å². The van der Waals surface area contributed by atoms with E-state index >= 15 is 0 Å². The van der Waals surface area contributed by atoms with Crippen molar-refractivity contribution in [2.24, 2.45) is 11.7 Å². The van der Waals surface area contributed by atoms with Crippen LogP contribution in [0.4, 0.5) is 0 Å². The van der Waals surface area contributed by atoms with Crippen LogP contribution in [-0.4, -0.2) is 16.1 Å². The van der Waals surface area contributed by atoms with E-state index in [1.807, 2.05) is 6.33 Å². The number of rotatable bonds is 6. The lowest BCUT2D eigenvalue weighted by atomic mass is 9.95. The topological polar surface area (TPSA) is 43.8 Å². The van der Waals surface area contributed by atoms with Crippen LogP contribution in [0.15, 0.2) is 12.5 Å². The minimum atomic E-state index is 0.464. The van der Waals surface area contributed by atoms with E-state index in [-0.39, 0.29) is 0 Å². The van der Waals surface area contributed by atoms with Gasteiger partial charge in [0, 0.05) is 30.4 Å². The monoisotopic (exact) mass is 249 g/mol. The lowest BCUT2D eigenvalue weighted by Crippen LogP contribution is -2.27. The van der Waals surface area contributed by atoms with E-state index < -0.39 is 0 Å². The average Bonchev–Trinajstić information content (AvgIpc) is 3.04. The van der Waals surface area contributed by atoms with Crippen molar-refractivity contribution >= 4 is 0 Å². The standard InChI is InChI=1S/C15H27N3/c1-3-12(4-2)15-10-17-11-18(15)14(9-16)13-7-5-6-8-13/h10-14H,3-9,16H2,1-2H3. The highest BCUT2D eigenvalue weighted by Crippen LogP contribution is 2.36. The van der Waals surface area contributed by atoms with Gasteiger partial charge in [-0.15, -0.1) is 0 Å². The fourth-order valence-corrected chi connectivity index (χ4v) is 3.49. The third-order valence-corrected chi connectivity index (χ3v) is 4.64. The lowest BCUT2D eigenvalue weighted by molar-refractivity contribution is 0.329.